The zero-order valence-corrected chi connectivity index (χ0v) is 20.9. The Bertz CT molecular complexity index is 333. The highest BCUT2D eigenvalue weighted by Crippen LogP contribution is 2.14. The highest BCUT2D eigenvalue weighted by molar-refractivity contribution is 5.75. The van der Waals surface area contributed by atoms with Crippen molar-refractivity contribution in [3.63, 3.8) is 0 Å². The minimum Gasteiger partial charge on any atom is -0.356 e. The van der Waals surface area contributed by atoms with Gasteiger partial charge in [0.2, 0.25) is 5.91 Å². The van der Waals surface area contributed by atoms with Crippen LogP contribution in [0.1, 0.15) is 148 Å². The molecule has 0 saturated heterocycles. The van der Waals surface area contributed by atoms with Gasteiger partial charge in [0.1, 0.15) is 0 Å². The van der Waals surface area contributed by atoms with Crippen LogP contribution < -0.4 is 10.6 Å². The van der Waals surface area contributed by atoms with Crippen LogP contribution >= 0.6 is 0 Å². The number of hydrogen-bond donors (Lipinski definition) is 2. The second-order valence-electron chi connectivity index (χ2n) is 9.27. The standard InChI is InChI=1S/C27H56N2O/c1-3-4-5-6-7-8-9-10-11-12-13-14-15-16-18-21-24-27(30)29-26-23-20-17-19-22-25-28-2/h28H,3-26H2,1-2H3,(H,29,30). The van der Waals surface area contributed by atoms with E-state index >= 15 is 0 Å². The number of carbonyl (C=O) groups is 1. The molecular formula is C27H56N2O. The first-order chi connectivity index (χ1) is 14.8. The fourth-order valence-electron chi connectivity index (χ4n) is 4.11. The molecule has 3 nitrogen and oxygen atoms in total. The molecule has 0 aliphatic heterocycles. The van der Waals surface area contributed by atoms with Gasteiger partial charge in [-0.25, -0.2) is 0 Å². The van der Waals surface area contributed by atoms with Crippen LogP contribution in [0.2, 0.25) is 0 Å². The summed E-state index contributed by atoms with van der Waals surface area (Å²) in [6.07, 6.45) is 29.0. The Labute approximate surface area is 189 Å². The van der Waals surface area contributed by atoms with Gasteiger partial charge in [0.25, 0.3) is 0 Å². The molecule has 2 N–H and O–H groups in total. The van der Waals surface area contributed by atoms with E-state index in [9.17, 15) is 4.79 Å². The van der Waals surface area contributed by atoms with Crippen LogP contribution in [0.15, 0.2) is 0 Å². The summed E-state index contributed by atoms with van der Waals surface area (Å²) in [5.41, 5.74) is 0. The average Bonchev–Trinajstić information content (AvgIpc) is 2.75. The smallest absolute Gasteiger partial charge is 0.219 e. The average molecular weight is 425 g/mol. The van der Waals surface area contributed by atoms with Crippen LogP contribution in [0.5, 0.6) is 0 Å². The van der Waals surface area contributed by atoms with Gasteiger partial charge in [0.05, 0.1) is 0 Å². The number of nitrogens with one attached hydrogen (secondary N) is 2. The summed E-state index contributed by atoms with van der Waals surface area (Å²) >= 11 is 0. The topological polar surface area (TPSA) is 41.1 Å². The molecular weight excluding hydrogens is 368 g/mol. The maximum atomic E-state index is 11.8. The van der Waals surface area contributed by atoms with E-state index in [2.05, 4.69) is 17.6 Å². The monoisotopic (exact) mass is 424 g/mol. The Morgan fingerprint density at radius 3 is 1.30 bits per heavy atom. The minimum atomic E-state index is 0.260. The second kappa shape index (κ2) is 26.5. The Morgan fingerprint density at radius 2 is 0.867 bits per heavy atom. The van der Waals surface area contributed by atoms with Gasteiger partial charge in [0.15, 0.2) is 0 Å². The largest absolute Gasteiger partial charge is 0.356 e. The molecule has 0 aromatic heterocycles. The Morgan fingerprint density at radius 1 is 0.500 bits per heavy atom. The van der Waals surface area contributed by atoms with Crippen LogP contribution in [-0.4, -0.2) is 26.0 Å². The normalized spacial score (nSPS) is 11.1. The number of hydrogen-bond acceptors (Lipinski definition) is 2. The lowest BCUT2D eigenvalue weighted by atomic mass is 10.0. The molecule has 0 aromatic carbocycles. The van der Waals surface area contributed by atoms with Crippen molar-refractivity contribution in [1.29, 1.82) is 0 Å². The molecule has 1 amide bonds. The maximum Gasteiger partial charge on any atom is 0.219 e. The van der Waals surface area contributed by atoms with Gasteiger partial charge in [0, 0.05) is 13.0 Å². The van der Waals surface area contributed by atoms with E-state index < -0.39 is 0 Å². The summed E-state index contributed by atoms with van der Waals surface area (Å²) in [4.78, 5) is 11.8. The molecule has 0 fully saturated rings. The summed E-state index contributed by atoms with van der Waals surface area (Å²) in [5, 5.41) is 6.27. The van der Waals surface area contributed by atoms with Crippen molar-refractivity contribution in [2.24, 2.45) is 0 Å². The lowest BCUT2D eigenvalue weighted by Gasteiger charge is -2.06. The van der Waals surface area contributed by atoms with Crippen LogP contribution in [0.4, 0.5) is 0 Å². The van der Waals surface area contributed by atoms with Crippen LogP contribution in [-0.2, 0) is 4.79 Å². The van der Waals surface area contributed by atoms with E-state index in [-0.39, 0.29) is 5.91 Å². The first-order valence-corrected chi connectivity index (χ1v) is 13.7. The molecule has 0 aliphatic rings. The highest BCUT2D eigenvalue weighted by Gasteiger charge is 2.00. The summed E-state index contributed by atoms with van der Waals surface area (Å²) < 4.78 is 0. The van der Waals surface area contributed by atoms with E-state index in [1.807, 2.05) is 7.05 Å². The molecule has 0 unspecified atom stereocenters. The van der Waals surface area contributed by atoms with Gasteiger partial charge in [-0.05, 0) is 32.9 Å². The molecule has 0 aromatic rings. The van der Waals surface area contributed by atoms with E-state index in [1.165, 1.54) is 122 Å². The van der Waals surface area contributed by atoms with Crippen molar-refractivity contribution >= 4 is 5.91 Å². The van der Waals surface area contributed by atoms with E-state index in [4.69, 9.17) is 0 Å². The zero-order valence-electron chi connectivity index (χ0n) is 20.9. The number of amides is 1. The van der Waals surface area contributed by atoms with Gasteiger partial charge in [-0.1, -0.05) is 122 Å². The summed E-state index contributed by atoms with van der Waals surface area (Å²) in [7, 11) is 2.01. The third-order valence-electron chi connectivity index (χ3n) is 6.18. The zero-order chi connectivity index (χ0) is 22.0. The van der Waals surface area contributed by atoms with Crippen LogP contribution in [0.25, 0.3) is 0 Å². The number of rotatable bonds is 25. The molecule has 180 valence electrons. The van der Waals surface area contributed by atoms with E-state index in [0.717, 1.165) is 32.4 Å². The van der Waals surface area contributed by atoms with Gasteiger partial charge in [-0.2, -0.15) is 0 Å². The molecule has 0 saturated carbocycles. The van der Waals surface area contributed by atoms with Gasteiger partial charge in [-0.3, -0.25) is 4.79 Å². The molecule has 0 heterocycles. The van der Waals surface area contributed by atoms with Crippen LogP contribution in [0.3, 0.4) is 0 Å². The third-order valence-corrected chi connectivity index (χ3v) is 6.18. The third kappa shape index (κ3) is 25.5. The molecule has 0 radical (unpaired) electrons. The van der Waals surface area contributed by atoms with Crippen LogP contribution in [0, 0.1) is 0 Å². The fraction of sp³-hybridized carbons (Fsp3) is 0.963. The molecule has 0 aliphatic carbocycles. The van der Waals surface area contributed by atoms with Crippen molar-refractivity contribution in [2.45, 2.75) is 148 Å². The van der Waals surface area contributed by atoms with Gasteiger partial charge >= 0.3 is 0 Å². The molecule has 0 rings (SSSR count). The summed E-state index contributed by atoms with van der Waals surface area (Å²) in [5.74, 6) is 0.260. The Kier molecular flexibility index (Phi) is 26.0. The van der Waals surface area contributed by atoms with Crippen molar-refractivity contribution in [3.05, 3.63) is 0 Å². The Hall–Kier alpha value is -0.570. The number of carbonyl (C=O) groups excluding carboxylic acids is 1. The van der Waals surface area contributed by atoms with Crippen molar-refractivity contribution < 1.29 is 4.79 Å². The van der Waals surface area contributed by atoms with Crippen molar-refractivity contribution in [1.82, 2.24) is 10.6 Å². The van der Waals surface area contributed by atoms with Crippen molar-refractivity contribution in [2.75, 3.05) is 20.1 Å². The lowest BCUT2D eigenvalue weighted by Crippen LogP contribution is -2.23. The molecule has 30 heavy (non-hydrogen) atoms. The molecule has 3 heteroatoms. The summed E-state index contributed by atoms with van der Waals surface area (Å²) in [6, 6.07) is 0. The lowest BCUT2D eigenvalue weighted by molar-refractivity contribution is -0.121. The second-order valence-corrected chi connectivity index (χ2v) is 9.27. The molecule has 0 atom stereocenters. The van der Waals surface area contributed by atoms with E-state index in [0.29, 0.717) is 0 Å². The first kappa shape index (κ1) is 29.4. The van der Waals surface area contributed by atoms with Crippen molar-refractivity contribution in [3.8, 4) is 0 Å². The maximum absolute atomic E-state index is 11.8. The predicted octanol–water partition coefficient (Wildman–Crippen LogP) is 7.92. The molecule has 0 spiro atoms. The van der Waals surface area contributed by atoms with E-state index in [1.54, 1.807) is 0 Å². The SMILES string of the molecule is CCCCCCCCCCCCCCCCCCC(=O)NCCCCCCCNC. The van der Waals surface area contributed by atoms with Gasteiger partial charge < -0.3 is 10.6 Å². The van der Waals surface area contributed by atoms with Gasteiger partial charge in [-0.15, -0.1) is 0 Å². The first-order valence-electron chi connectivity index (χ1n) is 13.7. The fourth-order valence-corrected chi connectivity index (χ4v) is 4.11. The highest BCUT2D eigenvalue weighted by atomic mass is 16.1. The number of unbranched alkanes of at least 4 members (excludes halogenated alkanes) is 19. The quantitative estimate of drug-likeness (QED) is 0.146. The Balaban J connectivity index is 3.12. The minimum absolute atomic E-state index is 0.260. The summed E-state index contributed by atoms with van der Waals surface area (Å²) in [6.45, 7) is 4.27. The molecule has 0 bridgehead atoms. The predicted molar refractivity (Wildman–Crippen MR) is 134 cm³/mol.